The van der Waals surface area contributed by atoms with E-state index in [9.17, 15) is 9.59 Å². The van der Waals surface area contributed by atoms with Gasteiger partial charge < -0.3 is 10.4 Å². The average Bonchev–Trinajstić information content (AvgIpc) is 2.81. The van der Waals surface area contributed by atoms with Crippen LogP contribution >= 0.6 is 0 Å². The number of nitrogens with one attached hydrogen (secondary N) is 1. The van der Waals surface area contributed by atoms with Gasteiger partial charge in [-0.05, 0) is 37.5 Å². The monoisotopic (exact) mass is 225 g/mol. The van der Waals surface area contributed by atoms with Gasteiger partial charge in [0.15, 0.2) is 0 Å². The molecule has 4 heteroatoms. The first kappa shape index (κ1) is 11.4. The quantitative estimate of drug-likeness (QED) is 0.760. The molecule has 16 heavy (non-hydrogen) atoms. The summed E-state index contributed by atoms with van der Waals surface area (Å²) in [6, 6.07) is 0. The maximum Gasteiger partial charge on any atom is 0.306 e. The molecule has 2 saturated carbocycles. The molecule has 0 saturated heterocycles. The fraction of sp³-hybridized carbons (Fsp3) is 0.833. The van der Waals surface area contributed by atoms with Crippen molar-refractivity contribution in [2.24, 2.45) is 17.3 Å². The summed E-state index contributed by atoms with van der Waals surface area (Å²) in [6.07, 6.45) is 4.26. The lowest BCUT2D eigenvalue weighted by molar-refractivity contribution is -0.141. The van der Waals surface area contributed by atoms with E-state index in [0.717, 1.165) is 13.0 Å². The molecule has 0 spiro atoms. The van der Waals surface area contributed by atoms with Crippen LogP contribution in [0.1, 0.15) is 39.0 Å². The maximum atomic E-state index is 11.8. The second-order valence-corrected chi connectivity index (χ2v) is 5.57. The van der Waals surface area contributed by atoms with Crippen LogP contribution in [0.2, 0.25) is 0 Å². The van der Waals surface area contributed by atoms with Gasteiger partial charge in [-0.2, -0.15) is 0 Å². The fourth-order valence-electron chi connectivity index (χ4n) is 2.28. The van der Waals surface area contributed by atoms with Gasteiger partial charge in [0.1, 0.15) is 0 Å². The zero-order valence-corrected chi connectivity index (χ0v) is 9.66. The molecule has 0 radical (unpaired) electrons. The minimum atomic E-state index is -0.760. The molecule has 0 bridgehead atoms. The lowest BCUT2D eigenvalue weighted by Crippen LogP contribution is -2.33. The van der Waals surface area contributed by atoms with E-state index in [2.05, 4.69) is 12.2 Å². The van der Waals surface area contributed by atoms with Crippen molar-refractivity contribution in [3.8, 4) is 0 Å². The second kappa shape index (κ2) is 4.07. The summed E-state index contributed by atoms with van der Waals surface area (Å²) in [6.45, 7) is 2.92. The van der Waals surface area contributed by atoms with Gasteiger partial charge in [0.05, 0.1) is 5.92 Å². The van der Waals surface area contributed by atoms with Gasteiger partial charge in [-0.3, -0.25) is 9.59 Å². The molecular weight excluding hydrogens is 206 g/mol. The lowest BCUT2D eigenvalue weighted by Gasteiger charge is -2.13. The number of hydrogen-bond donors (Lipinski definition) is 2. The van der Waals surface area contributed by atoms with E-state index in [-0.39, 0.29) is 17.7 Å². The van der Waals surface area contributed by atoms with Crippen LogP contribution in [0.4, 0.5) is 0 Å². The van der Waals surface area contributed by atoms with Crippen molar-refractivity contribution >= 4 is 11.9 Å². The van der Waals surface area contributed by atoms with Crippen molar-refractivity contribution < 1.29 is 14.7 Å². The fourth-order valence-corrected chi connectivity index (χ4v) is 2.28. The van der Waals surface area contributed by atoms with Crippen molar-refractivity contribution in [2.75, 3.05) is 6.54 Å². The Morgan fingerprint density at radius 2 is 1.94 bits per heavy atom. The van der Waals surface area contributed by atoms with Crippen LogP contribution in [0.5, 0.6) is 0 Å². The minimum absolute atomic E-state index is 0.0527. The smallest absolute Gasteiger partial charge is 0.306 e. The molecule has 0 aliphatic heterocycles. The summed E-state index contributed by atoms with van der Waals surface area (Å²) in [5, 5.41) is 11.8. The van der Waals surface area contributed by atoms with E-state index < -0.39 is 5.97 Å². The van der Waals surface area contributed by atoms with Crippen molar-refractivity contribution in [3.05, 3.63) is 0 Å². The number of carboxylic acids is 1. The highest BCUT2D eigenvalue weighted by Gasteiger charge is 2.39. The van der Waals surface area contributed by atoms with E-state index in [4.69, 9.17) is 5.11 Å². The summed E-state index contributed by atoms with van der Waals surface area (Å²) in [5.41, 5.74) is 0.320. The third-order valence-electron chi connectivity index (χ3n) is 3.95. The van der Waals surface area contributed by atoms with Gasteiger partial charge in [0, 0.05) is 12.5 Å². The Bertz CT molecular complexity index is 309. The number of carboxylic acid groups (broad SMARTS) is 1. The predicted octanol–water partition coefficient (Wildman–Crippen LogP) is 1.40. The molecule has 2 rings (SSSR count). The third kappa shape index (κ3) is 2.54. The Labute approximate surface area is 95.4 Å². The molecule has 0 aromatic carbocycles. The molecular formula is C12H19NO3. The highest BCUT2D eigenvalue weighted by atomic mass is 16.4. The Morgan fingerprint density at radius 1 is 1.31 bits per heavy atom. The molecule has 0 heterocycles. The molecule has 2 aliphatic rings. The van der Waals surface area contributed by atoms with Crippen LogP contribution in [-0.2, 0) is 9.59 Å². The molecule has 2 fully saturated rings. The maximum absolute atomic E-state index is 11.8. The van der Waals surface area contributed by atoms with Crippen LogP contribution < -0.4 is 5.32 Å². The first-order valence-electron chi connectivity index (χ1n) is 6.01. The molecule has 1 amide bonds. The average molecular weight is 225 g/mol. The van der Waals surface area contributed by atoms with E-state index in [0.29, 0.717) is 18.3 Å². The van der Waals surface area contributed by atoms with Crippen molar-refractivity contribution in [1.29, 1.82) is 0 Å². The second-order valence-electron chi connectivity index (χ2n) is 5.57. The Morgan fingerprint density at radius 3 is 2.44 bits per heavy atom. The van der Waals surface area contributed by atoms with Crippen LogP contribution in [0.15, 0.2) is 0 Å². The first-order valence-corrected chi connectivity index (χ1v) is 6.01. The highest BCUT2D eigenvalue weighted by molar-refractivity contribution is 5.80. The van der Waals surface area contributed by atoms with Gasteiger partial charge in [0.25, 0.3) is 0 Å². The largest absolute Gasteiger partial charge is 0.481 e. The lowest BCUT2D eigenvalue weighted by atomic mass is 10.0. The molecule has 4 nitrogen and oxygen atoms in total. The zero-order valence-electron chi connectivity index (χ0n) is 9.66. The Kier molecular flexibility index (Phi) is 2.91. The van der Waals surface area contributed by atoms with E-state index in [1.54, 1.807) is 0 Å². The number of amides is 1. The van der Waals surface area contributed by atoms with Crippen molar-refractivity contribution in [3.63, 3.8) is 0 Å². The number of carbonyl (C=O) groups is 2. The topological polar surface area (TPSA) is 66.4 Å². The molecule has 2 atom stereocenters. The van der Waals surface area contributed by atoms with E-state index in [1.165, 1.54) is 12.8 Å². The third-order valence-corrected chi connectivity index (χ3v) is 3.95. The molecule has 0 aromatic rings. The zero-order chi connectivity index (χ0) is 11.8. The van der Waals surface area contributed by atoms with Crippen LogP contribution in [0.3, 0.4) is 0 Å². The van der Waals surface area contributed by atoms with Crippen molar-refractivity contribution in [2.45, 2.75) is 39.0 Å². The van der Waals surface area contributed by atoms with Crippen molar-refractivity contribution in [1.82, 2.24) is 5.32 Å². The summed E-state index contributed by atoms with van der Waals surface area (Å²) >= 11 is 0. The molecule has 0 aromatic heterocycles. The highest BCUT2D eigenvalue weighted by Crippen LogP contribution is 2.44. The van der Waals surface area contributed by atoms with Gasteiger partial charge in [-0.15, -0.1) is 0 Å². The summed E-state index contributed by atoms with van der Waals surface area (Å²) in [4.78, 5) is 22.5. The SMILES string of the molecule is CC1(CNC(=O)[C@@H]2CC[C@H](C(=O)O)C2)CC1. The van der Waals surface area contributed by atoms with Gasteiger partial charge in [-0.25, -0.2) is 0 Å². The minimum Gasteiger partial charge on any atom is -0.481 e. The standard InChI is InChI=1S/C12H19NO3/c1-12(4-5-12)7-13-10(14)8-2-3-9(6-8)11(15)16/h8-9H,2-7H2,1H3,(H,13,14)(H,15,16)/t8-,9+/m1/s1. The summed E-state index contributed by atoms with van der Waals surface area (Å²) < 4.78 is 0. The molecule has 2 N–H and O–H groups in total. The first-order chi connectivity index (χ1) is 7.50. The van der Waals surface area contributed by atoms with Gasteiger partial charge >= 0.3 is 5.97 Å². The Balaban J connectivity index is 1.76. The van der Waals surface area contributed by atoms with Crippen LogP contribution in [0.25, 0.3) is 0 Å². The molecule has 90 valence electrons. The van der Waals surface area contributed by atoms with E-state index >= 15 is 0 Å². The van der Waals surface area contributed by atoms with Gasteiger partial charge in [-0.1, -0.05) is 6.92 Å². The molecule has 2 aliphatic carbocycles. The normalized spacial score (nSPS) is 31.1. The van der Waals surface area contributed by atoms with Crippen LogP contribution in [-0.4, -0.2) is 23.5 Å². The number of rotatable bonds is 4. The number of carbonyl (C=O) groups excluding carboxylic acids is 1. The summed E-state index contributed by atoms with van der Waals surface area (Å²) in [5.74, 6) is -1.10. The van der Waals surface area contributed by atoms with Crippen LogP contribution in [0, 0.1) is 17.3 Å². The van der Waals surface area contributed by atoms with Gasteiger partial charge in [0.2, 0.25) is 5.91 Å². The Hall–Kier alpha value is -1.06. The summed E-state index contributed by atoms with van der Waals surface area (Å²) in [7, 11) is 0. The predicted molar refractivity (Wildman–Crippen MR) is 58.8 cm³/mol. The number of aliphatic carboxylic acids is 1. The molecule has 0 unspecified atom stereocenters. The van der Waals surface area contributed by atoms with E-state index in [1.807, 2.05) is 0 Å². The number of hydrogen-bond acceptors (Lipinski definition) is 2.